The van der Waals surface area contributed by atoms with E-state index in [4.69, 9.17) is 4.74 Å². The van der Waals surface area contributed by atoms with Crippen LogP contribution in [0.1, 0.15) is 59.8 Å². The molecule has 0 rings (SSSR count). The first kappa shape index (κ1) is 21.7. The number of nitrogens with one attached hydrogen (secondary N) is 1. The van der Waals surface area contributed by atoms with Gasteiger partial charge >= 0.3 is 14.8 Å². The van der Waals surface area contributed by atoms with Gasteiger partial charge in [0.2, 0.25) is 0 Å². The molecule has 0 bridgehead atoms. The Kier molecular flexibility index (Phi) is 10.6. The van der Waals surface area contributed by atoms with E-state index in [9.17, 15) is 18.9 Å². The smallest absolute Gasteiger partial charge is 0.408 e. The van der Waals surface area contributed by atoms with Crippen LogP contribution < -0.4 is 5.32 Å². The Balaban J connectivity index is 4.02. The molecule has 0 saturated heterocycles. The zero-order chi connectivity index (χ0) is 17.9. The Morgan fingerprint density at radius 2 is 1.78 bits per heavy atom. The molecule has 0 aromatic carbocycles. The van der Waals surface area contributed by atoms with E-state index in [-0.39, 0.29) is 18.2 Å². The molecular weight excluding hydrogens is 321 g/mol. The molecule has 0 aliphatic rings. The molecule has 0 unspecified atom stereocenters. The molecule has 0 saturated carbocycles. The Hall–Kier alpha value is -1.33. The maximum Gasteiger partial charge on any atom is 0.408 e. The van der Waals surface area contributed by atoms with Crippen LogP contribution in [-0.2, 0) is 23.4 Å². The molecular formula is C15H26NO6P. The number of alkyl carbamates (subject to hydrolysis) is 1. The maximum atomic E-state index is 11.7. The Bertz CT molecular complexity index is 419. The molecule has 8 heteroatoms. The fourth-order valence-corrected chi connectivity index (χ4v) is 2.04. The Labute approximate surface area is 138 Å². The summed E-state index contributed by atoms with van der Waals surface area (Å²) in [5.74, 6) is -0.238. The summed E-state index contributed by atoms with van der Waals surface area (Å²) < 4.78 is 19.6. The highest BCUT2D eigenvalue weighted by molar-refractivity contribution is 7.17. The van der Waals surface area contributed by atoms with Crippen LogP contribution in [0.5, 0.6) is 0 Å². The van der Waals surface area contributed by atoms with E-state index in [1.54, 1.807) is 20.8 Å². The first-order valence-electron chi connectivity index (χ1n) is 7.62. The third kappa shape index (κ3) is 12.9. The summed E-state index contributed by atoms with van der Waals surface area (Å²) >= 11 is 0. The summed E-state index contributed by atoms with van der Waals surface area (Å²) in [4.78, 5) is 34.5. The lowest BCUT2D eigenvalue weighted by atomic mass is 10.0. The molecule has 1 atom stereocenters. The minimum absolute atomic E-state index is 0.108. The van der Waals surface area contributed by atoms with Gasteiger partial charge < -0.3 is 10.1 Å². The van der Waals surface area contributed by atoms with Crippen LogP contribution in [0.2, 0.25) is 0 Å². The van der Waals surface area contributed by atoms with Gasteiger partial charge in [-0.05, 0) is 40.5 Å². The summed E-state index contributed by atoms with van der Waals surface area (Å²) in [6, 6.07) is -0.580. The molecule has 0 spiro atoms. The number of ether oxygens (including phenoxy) is 1. The van der Waals surface area contributed by atoms with Gasteiger partial charge in [-0.2, -0.15) is 0 Å². The summed E-state index contributed by atoms with van der Waals surface area (Å²) in [7, 11) is -0.494. The number of unbranched alkanes of at least 4 members (excludes halogenated alkanes) is 2. The van der Waals surface area contributed by atoms with E-state index in [1.165, 1.54) is 6.92 Å². The highest BCUT2D eigenvalue weighted by Crippen LogP contribution is 2.10. The highest BCUT2D eigenvalue weighted by atomic mass is 31.1. The summed E-state index contributed by atoms with van der Waals surface area (Å²) in [5, 5.41) is 2.57. The lowest BCUT2D eigenvalue weighted by Crippen LogP contribution is -2.42. The van der Waals surface area contributed by atoms with E-state index in [2.05, 4.69) is 9.84 Å². The second-order valence-electron chi connectivity index (χ2n) is 6.30. The van der Waals surface area contributed by atoms with Gasteiger partial charge in [0, 0.05) is 6.42 Å². The molecule has 1 amide bonds. The fraction of sp³-hybridized carbons (Fsp3) is 0.800. The lowest BCUT2D eigenvalue weighted by Gasteiger charge is -2.22. The zero-order valence-corrected chi connectivity index (χ0v) is 15.1. The first-order chi connectivity index (χ1) is 10.7. The third-order valence-electron chi connectivity index (χ3n) is 2.91. The topological polar surface area (TPSA) is 98.8 Å². The van der Waals surface area contributed by atoms with Crippen LogP contribution in [0.15, 0.2) is 0 Å². The summed E-state index contributed by atoms with van der Waals surface area (Å²) in [6.45, 7) is 6.53. The van der Waals surface area contributed by atoms with Crippen molar-refractivity contribution in [2.24, 2.45) is 0 Å². The van der Waals surface area contributed by atoms with Gasteiger partial charge in [0.1, 0.15) is 12.2 Å². The number of hydrogen-bond acceptors (Lipinski definition) is 6. The predicted octanol–water partition coefficient (Wildman–Crippen LogP) is 3.21. The third-order valence-corrected chi connectivity index (χ3v) is 3.14. The fourth-order valence-electron chi connectivity index (χ4n) is 1.84. The Morgan fingerprint density at radius 3 is 2.30 bits per heavy atom. The second-order valence-corrected chi connectivity index (χ2v) is 6.70. The van der Waals surface area contributed by atoms with Crippen molar-refractivity contribution in [3.63, 3.8) is 0 Å². The van der Waals surface area contributed by atoms with Crippen molar-refractivity contribution in [1.29, 1.82) is 0 Å². The number of ketones is 2. The van der Waals surface area contributed by atoms with Crippen molar-refractivity contribution in [2.45, 2.75) is 71.4 Å². The van der Waals surface area contributed by atoms with Crippen molar-refractivity contribution >= 4 is 26.3 Å². The van der Waals surface area contributed by atoms with Crippen molar-refractivity contribution in [2.75, 3.05) is 6.61 Å². The van der Waals surface area contributed by atoms with E-state index < -0.39 is 26.4 Å². The van der Waals surface area contributed by atoms with E-state index in [0.717, 1.165) is 6.42 Å². The van der Waals surface area contributed by atoms with Gasteiger partial charge in [-0.3, -0.25) is 14.1 Å². The van der Waals surface area contributed by atoms with E-state index >= 15 is 0 Å². The van der Waals surface area contributed by atoms with Gasteiger partial charge in [0.05, 0.1) is 6.04 Å². The number of rotatable bonds is 11. The van der Waals surface area contributed by atoms with E-state index in [0.29, 0.717) is 25.7 Å². The van der Waals surface area contributed by atoms with Crippen LogP contribution in [-0.4, -0.2) is 35.9 Å². The number of Topliss-reactive ketones (excluding diaryl/α,β-unsaturated/α-hetero) is 2. The molecule has 0 aromatic rings. The van der Waals surface area contributed by atoms with Crippen molar-refractivity contribution in [3.05, 3.63) is 0 Å². The Morgan fingerprint density at radius 1 is 1.13 bits per heavy atom. The predicted molar refractivity (Wildman–Crippen MR) is 85.5 cm³/mol. The molecule has 0 fully saturated rings. The van der Waals surface area contributed by atoms with Gasteiger partial charge in [-0.25, -0.2) is 9.36 Å². The molecule has 0 heterocycles. The minimum Gasteiger partial charge on any atom is -0.444 e. The van der Waals surface area contributed by atoms with Crippen LogP contribution in [0.4, 0.5) is 4.79 Å². The van der Waals surface area contributed by atoms with Gasteiger partial charge in [0.15, 0.2) is 11.6 Å². The quantitative estimate of drug-likeness (QED) is 0.455. The molecule has 23 heavy (non-hydrogen) atoms. The zero-order valence-electron chi connectivity index (χ0n) is 14.2. The summed E-state index contributed by atoms with van der Waals surface area (Å²) in [6.07, 6.45) is 2.35. The molecule has 0 radical (unpaired) electrons. The monoisotopic (exact) mass is 347 g/mol. The highest BCUT2D eigenvalue weighted by Gasteiger charge is 2.21. The first-order valence-corrected chi connectivity index (χ1v) is 8.35. The SMILES string of the molecule is CC(=O)[C@H](CCCCCC(=O)COP=O)NC(=O)OC(C)(C)C. The van der Waals surface area contributed by atoms with Crippen molar-refractivity contribution in [1.82, 2.24) is 5.32 Å². The average Bonchev–Trinajstić information content (AvgIpc) is 2.41. The normalized spacial score (nSPS) is 12.7. The van der Waals surface area contributed by atoms with Gasteiger partial charge in [-0.1, -0.05) is 12.8 Å². The number of carbonyl (C=O) groups is 3. The number of carbonyl (C=O) groups excluding carboxylic acids is 3. The van der Waals surface area contributed by atoms with Crippen molar-refractivity contribution in [3.8, 4) is 0 Å². The number of amides is 1. The molecule has 0 aromatic heterocycles. The van der Waals surface area contributed by atoms with Gasteiger partial charge in [-0.15, -0.1) is 0 Å². The van der Waals surface area contributed by atoms with Crippen LogP contribution in [0.3, 0.4) is 0 Å². The van der Waals surface area contributed by atoms with Crippen LogP contribution >= 0.6 is 8.69 Å². The average molecular weight is 347 g/mol. The van der Waals surface area contributed by atoms with Crippen LogP contribution in [0.25, 0.3) is 0 Å². The molecule has 0 aliphatic heterocycles. The van der Waals surface area contributed by atoms with E-state index in [1.807, 2.05) is 0 Å². The largest absolute Gasteiger partial charge is 0.444 e. The van der Waals surface area contributed by atoms with Gasteiger partial charge in [0.25, 0.3) is 0 Å². The minimum atomic E-state index is -0.614. The lowest BCUT2D eigenvalue weighted by molar-refractivity contribution is -0.121. The number of hydrogen-bond donors (Lipinski definition) is 1. The maximum absolute atomic E-state index is 11.7. The standard InChI is InChI=1S/C15H26NO6P/c1-11(17)13(16-14(19)22-15(2,3)4)9-7-5-6-8-12(18)10-21-23-20/h13H,5-10H2,1-4H3,(H,16,19)/t13-/m0/s1. The summed E-state index contributed by atoms with van der Waals surface area (Å²) in [5.41, 5.74) is -0.614. The van der Waals surface area contributed by atoms with Crippen LogP contribution in [0, 0.1) is 0 Å². The second kappa shape index (κ2) is 11.2. The van der Waals surface area contributed by atoms with Crippen molar-refractivity contribution < 1.29 is 28.2 Å². The molecule has 0 aliphatic carbocycles. The molecule has 1 N–H and O–H groups in total. The molecule has 132 valence electrons. The molecule has 7 nitrogen and oxygen atoms in total.